The molecule has 1 aliphatic heterocycles. The predicted octanol–water partition coefficient (Wildman–Crippen LogP) is 3.38. The molecule has 0 aliphatic carbocycles. The van der Waals surface area contributed by atoms with Crippen LogP contribution >= 0.6 is 0 Å². The van der Waals surface area contributed by atoms with Crippen molar-refractivity contribution in [3.05, 3.63) is 76.8 Å². The second-order valence-corrected chi connectivity index (χ2v) is 8.46. The number of piperidine rings is 1. The zero-order chi connectivity index (χ0) is 21.6. The van der Waals surface area contributed by atoms with Crippen LogP contribution in [0.15, 0.2) is 65.7 Å². The monoisotopic (exact) mass is 418 g/mol. The molecule has 4 rings (SSSR count). The van der Waals surface area contributed by atoms with Crippen LogP contribution in [0.5, 0.6) is 0 Å². The normalized spacial score (nSPS) is 16.3. The second-order valence-electron chi connectivity index (χ2n) is 8.46. The molecule has 2 aromatic carbocycles. The summed E-state index contributed by atoms with van der Waals surface area (Å²) in [5.74, 6) is 0.711. The molecular formula is C25H30N4O2. The average Bonchev–Trinajstić information content (AvgIpc) is 2.81. The van der Waals surface area contributed by atoms with E-state index in [2.05, 4.69) is 46.4 Å². The summed E-state index contributed by atoms with van der Waals surface area (Å²) in [5, 5.41) is 3.68. The lowest BCUT2D eigenvalue weighted by molar-refractivity contribution is -0.121. The minimum atomic E-state index is -0.108. The maximum atomic E-state index is 12.6. The molecular weight excluding hydrogens is 388 g/mol. The van der Waals surface area contributed by atoms with E-state index >= 15 is 0 Å². The first-order valence-electron chi connectivity index (χ1n) is 11.1. The molecule has 1 aliphatic rings. The number of nitrogens with zero attached hydrogens (tertiary/aromatic N) is 3. The Bertz CT molecular complexity index is 1070. The van der Waals surface area contributed by atoms with E-state index in [0.717, 1.165) is 19.0 Å². The molecule has 0 bridgehead atoms. The molecule has 6 nitrogen and oxygen atoms in total. The van der Waals surface area contributed by atoms with Crippen molar-refractivity contribution in [3.8, 4) is 0 Å². The number of hydrogen-bond acceptors (Lipinski definition) is 4. The van der Waals surface area contributed by atoms with Crippen molar-refractivity contribution in [3.63, 3.8) is 0 Å². The summed E-state index contributed by atoms with van der Waals surface area (Å²) in [5.41, 5.74) is 1.80. The van der Waals surface area contributed by atoms with Gasteiger partial charge in [-0.2, -0.15) is 0 Å². The van der Waals surface area contributed by atoms with Gasteiger partial charge in [-0.1, -0.05) is 49.4 Å². The predicted molar refractivity (Wildman–Crippen MR) is 123 cm³/mol. The SMILES string of the molecule is CC1CCN(C(CNC(=O)CCn2cnc3ccccc3c2=O)c2ccccc2)CC1. The Hall–Kier alpha value is -2.99. The Morgan fingerprint density at radius 2 is 1.81 bits per heavy atom. The van der Waals surface area contributed by atoms with Gasteiger partial charge in [-0.3, -0.25) is 19.1 Å². The lowest BCUT2D eigenvalue weighted by Gasteiger charge is -2.37. The largest absolute Gasteiger partial charge is 0.354 e. The summed E-state index contributed by atoms with van der Waals surface area (Å²) in [6.07, 6.45) is 4.16. The number of aryl methyl sites for hydroxylation is 1. The standard InChI is InChI=1S/C25H30N4O2/c1-19-11-14-28(15-12-19)23(20-7-3-2-4-8-20)17-26-24(30)13-16-29-18-27-22-10-6-5-9-21(22)25(29)31/h2-10,18-19,23H,11-17H2,1H3,(H,26,30). The van der Waals surface area contributed by atoms with E-state index < -0.39 is 0 Å². The highest BCUT2D eigenvalue weighted by atomic mass is 16.1. The van der Waals surface area contributed by atoms with E-state index in [-0.39, 0.29) is 23.9 Å². The van der Waals surface area contributed by atoms with Gasteiger partial charge in [0.05, 0.1) is 23.3 Å². The molecule has 0 saturated carbocycles. The molecule has 1 amide bonds. The summed E-state index contributed by atoms with van der Waals surface area (Å²) in [4.78, 5) is 32.0. The molecule has 6 heteroatoms. The Balaban J connectivity index is 1.38. The molecule has 1 N–H and O–H groups in total. The number of nitrogens with one attached hydrogen (secondary N) is 1. The van der Waals surface area contributed by atoms with Gasteiger partial charge in [0.2, 0.25) is 5.91 Å². The van der Waals surface area contributed by atoms with Gasteiger partial charge in [0.25, 0.3) is 5.56 Å². The number of benzene rings is 2. The van der Waals surface area contributed by atoms with Gasteiger partial charge >= 0.3 is 0 Å². The van der Waals surface area contributed by atoms with Gasteiger partial charge in [0.1, 0.15) is 0 Å². The maximum absolute atomic E-state index is 12.6. The quantitative estimate of drug-likeness (QED) is 0.639. The van der Waals surface area contributed by atoms with Gasteiger partial charge in [0.15, 0.2) is 0 Å². The summed E-state index contributed by atoms with van der Waals surface area (Å²) < 4.78 is 1.52. The lowest BCUT2D eigenvalue weighted by Crippen LogP contribution is -2.42. The lowest BCUT2D eigenvalue weighted by atomic mass is 9.95. The highest BCUT2D eigenvalue weighted by Gasteiger charge is 2.25. The minimum Gasteiger partial charge on any atom is -0.354 e. The van der Waals surface area contributed by atoms with E-state index in [9.17, 15) is 9.59 Å². The molecule has 1 aromatic heterocycles. The molecule has 3 aromatic rings. The molecule has 31 heavy (non-hydrogen) atoms. The van der Waals surface area contributed by atoms with Crippen molar-refractivity contribution in [1.29, 1.82) is 0 Å². The van der Waals surface area contributed by atoms with Crippen LogP contribution in [0.1, 0.15) is 37.8 Å². The van der Waals surface area contributed by atoms with Crippen molar-refractivity contribution < 1.29 is 4.79 Å². The molecule has 1 unspecified atom stereocenters. The fraction of sp³-hybridized carbons (Fsp3) is 0.400. The van der Waals surface area contributed by atoms with Crippen LogP contribution < -0.4 is 10.9 Å². The van der Waals surface area contributed by atoms with Crippen molar-refractivity contribution in [2.75, 3.05) is 19.6 Å². The summed E-state index contributed by atoms with van der Waals surface area (Å²) >= 11 is 0. The number of rotatable bonds is 7. The summed E-state index contributed by atoms with van der Waals surface area (Å²) in [7, 11) is 0. The van der Waals surface area contributed by atoms with Gasteiger partial charge < -0.3 is 5.32 Å². The number of carbonyl (C=O) groups excluding carboxylic acids is 1. The van der Waals surface area contributed by atoms with Crippen molar-refractivity contribution in [2.45, 2.75) is 38.8 Å². The zero-order valence-corrected chi connectivity index (χ0v) is 18.0. The Kier molecular flexibility index (Phi) is 6.77. The van der Waals surface area contributed by atoms with E-state index in [1.807, 2.05) is 24.3 Å². The molecule has 1 fully saturated rings. The molecule has 0 spiro atoms. The third-order valence-electron chi connectivity index (χ3n) is 6.25. The first-order chi connectivity index (χ1) is 15.1. The van der Waals surface area contributed by atoms with Crippen LogP contribution in [0.4, 0.5) is 0 Å². The van der Waals surface area contributed by atoms with Gasteiger partial charge in [-0.25, -0.2) is 4.98 Å². The van der Waals surface area contributed by atoms with E-state index in [1.54, 1.807) is 6.07 Å². The maximum Gasteiger partial charge on any atom is 0.261 e. The van der Waals surface area contributed by atoms with Gasteiger partial charge in [-0.15, -0.1) is 0 Å². The smallest absolute Gasteiger partial charge is 0.261 e. The Morgan fingerprint density at radius 1 is 1.10 bits per heavy atom. The number of fused-ring (bicyclic) bond motifs is 1. The van der Waals surface area contributed by atoms with Crippen molar-refractivity contribution in [2.24, 2.45) is 5.92 Å². The zero-order valence-electron chi connectivity index (χ0n) is 18.0. The number of hydrogen-bond donors (Lipinski definition) is 1. The highest BCUT2D eigenvalue weighted by molar-refractivity contribution is 5.77. The molecule has 1 atom stereocenters. The van der Waals surface area contributed by atoms with Crippen LogP contribution in [-0.2, 0) is 11.3 Å². The molecule has 0 radical (unpaired) electrons. The number of aromatic nitrogens is 2. The number of amides is 1. The fourth-order valence-electron chi connectivity index (χ4n) is 4.26. The Morgan fingerprint density at radius 3 is 2.58 bits per heavy atom. The highest BCUT2D eigenvalue weighted by Crippen LogP contribution is 2.26. The molecule has 1 saturated heterocycles. The minimum absolute atomic E-state index is 0.0497. The van der Waals surface area contributed by atoms with Crippen LogP contribution in [0, 0.1) is 5.92 Å². The summed E-state index contributed by atoms with van der Waals surface area (Å²) in [6.45, 7) is 5.30. The van der Waals surface area contributed by atoms with Gasteiger partial charge in [0, 0.05) is 19.5 Å². The van der Waals surface area contributed by atoms with E-state index in [0.29, 0.717) is 24.0 Å². The topological polar surface area (TPSA) is 67.2 Å². The third kappa shape index (κ3) is 5.20. The third-order valence-corrected chi connectivity index (χ3v) is 6.25. The second kappa shape index (κ2) is 9.88. The first-order valence-corrected chi connectivity index (χ1v) is 11.1. The molecule has 162 valence electrons. The number of para-hydroxylation sites is 1. The summed E-state index contributed by atoms with van der Waals surface area (Å²) in [6, 6.07) is 17.8. The van der Waals surface area contributed by atoms with Crippen LogP contribution in [0.2, 0.25) is 0 Å². The first kappa shape index (κ1) is 21.2. The van der Waals surface area contributed by atoms with E-state index in [1.165, 1.54) is 29.3 Å². The van der Waals surface area contributed by atoms with Crippen molar-refractivity contribution in [1.82, 2.24) is 19.8 Å². The van der Waals surface area contributed by atoms with Crippen LogP contribution in [-0.4, -0.2) is 40.0 Å². The van der Waals surface area contributed by atoms with Crippen LogP contribution in [0.25, 0.3) is 10.9 Å². The number of likely N-dealkylation sites (tertiary alicyclic amines) is 1. The average molecular weight is 419 g/mol. The van der Waals surface area contributed by atoms with Crippen LogP contribution in [0.3, 0.4) is 0 Å². The Labute approximate surface area is 182 Å². The molecule has 2 heterocycles. The van der Waals surface area contributed by atoms with E-state index in [4.69, 9.17) is 0 Å². The number of carbonyl (C=O) groups is 1. The fourth-order valence-corrected chi connectivity index (χ4v) is 4.26. The van der Waals surface area contributed by atoms with Gasteiger partial charge in [-0.05, 0) is 49.5 Å². The van der Waals surface area contributed by atoms with Crippen molar-refractivity contribution >= 4 is 16.8 Å².